The van der Waals surface area contributed by atoms with E-state index in [-0.39, 0.29) is 11.6 Å². The highest BCUT2D eigenvalue weighted by Gasteiger charge is 2.29. The minimum absolute atomic E-state index is 0.00102. The highest BCUT2D eigenvalue weighted by molar-refractivity contribution is 5.94. The first-order valence-corrected chi connectivity index (χ1v) is 5.91. The van der Waals surface area contributed by atoms with Gasteiger partial charge in [-0.3, -0.25) is 4.79 Å². The van der Waals surface area contributed by atoms with E-state index in [4.69, 9.17) is 5.11 Å². The lowest BCUT2D eigenvalue weighted by molar-refractivity contribution is 0.0695. The van der Waals surface area contributed by atoms with Crippen molar-refractivity contribution in [1.29, 1.82) is 0 Å². The van der Waals surface area contributed by atoms with Crippen LogP contribution in [0, 0.1) is 11.6 Å². The van der Waals surface area contributed by atoms with Crippen molar-refractivity contribution in [2.24, 2.45) is 0 Å². The molecule has 0 spiro atoms. The molecule has 0 bridgehead atoms. The number of aromatic hydroxyl groups is 1. The van der Waals surface area contributed by atoms with Crippen molar-refractivity contribution in [2.75, 3.05) is 0 Å². The number of phenolic OH excluding ortho intramolecular Hbond substituents is 1. The van der Waals surface area contributed by atoms with Crippen LogP contribution in [-0.2, 0) is 0 Å². The second-order valence-electron chi connectivity index (χ2n) is 4.73. The molecule has 0 saturated heterocycles. The van der Waals surface area contributed by atoms with E-state index in [0.29, 0.717) is 0 Å². The number of phenols is 1. The van der Waals surface area contributed by atoms with E-state index in [0.717, 1.165) is 25.1 Å². The molecular weight excluding hydrogens is 272 g/mol. The lowest BCUT2D eigenvalue weighted by atomic mass is 10.1. The number of hydrogen-bond acceptors (Lipinski definition) is 3. The molecule has 1 aromatic carbocycles. The summed E-state index contributed by atoms with van der Waals surface area (Å²) in [4.78, 5) is 23.1. The number of carboxylic acid groups (broad SMARTS) is 1. The lowest BCUT2D eigenvalue weighted by Crippen LogP contribution is -2.19. The molecule has 1 fully saturated rings. The Morgan fingerprint density at radius 3 is 2.55 bits per heavy atom. The van der Waals surface area contributed by atoms with E-state index in [1.54, 1.807) is 0 Å². The van der Waals surface area contributed by atoms with Crippen LogP contribution in [0.4, 0.5) is 8.78 Å². The third kappa shape index (κ3) is 1.66. The van der Waals surface area contributed by atoms with Gasteiger partial charge in [-0.05, 0) is 12.8 Å². The average Bonchev–Trinajstić information content (AvgIpc) is 3.20. The molecule has 0 atom stereocenters. The summed E-state index contributed by atoms with van der Waals surface area (Å²) in [7, 11) is 0. The second-order valence-corrected chi connectivity index (χ2v) is 4.73. The number of aromatic nitrogens is 1. The maximum atomic E-state index is 13.4. The molecule has 1 aliphatic carbocycles. The molecule has 1 saturated carbocycles. The van der Waals surface area contributed by atoms with Gasteiger partial charge in [-0.1, -0.05) is 0 Å². The molecule has 1 heterocycles. The smallest absolute Gasteiger partial charge is 0.341 e. The fourth-order valence-electron chi connectivity index (χ4n) is 2.24. The zero-order chi connectivity index (χ0) is 14.6. The number of pyridine rings is 1. The van der Waals surface area contributed by atoms with Crippen LogP contribution in [0.5, 0.6) is 5.75 Å². The standard InChI is InChI=1S/C13H9F2NO4/c14-7-3-8-9(12(18)10(7)15)11(17)6(13(19)20)4-16(8)5-1-2-5/h3-5,18H,1-2H2,(H,19,20). The third-order valence-corrected chi connectivity index (χ3v) is 3.36. The number of hydrogen-bond donors (Lipinski definition) is 2. The van der Waals surface area contributed by atoms with Gasteiger partial charge in [-0.15, -0.1) is 0 Å². The van der Waals surface area contributed by atoms with Gasteiger partial charge in [-0.2, -0.15) is 4.39 Å². The number of halogens is 2. The van der Waals surface area contributed by atoms with Crippen LogP contribution in [0.2, 0.25) is 0 Å². The predicted octanol–water partition coefficient (Wildman–Crippen LogP) is 2.02. The molecule has 2 N–H and O–H groups in total. The van der Waals surface area contributed by atoms with Crippen molar-refractivity contribution in [3.05, 3.63) is 39.7 Å². The summed E-state index contributed by atoms with van der Waals surface area (Å²) in [5, 5.41) is 18.1. The molecule has 1 aliphatic rings. The summed E-state index contributed by atoms with van der Waals surface area (Å²) >= 11 is 0. The van der Waals surface area contributed by atoms with Gasteiger partial charge < -0.3 is 14.8 Å². The monoisotopic (exact) mass is 281 g/mol. The third-order valence-electron chi connectivity index (χ3n) is 3.36. The number of carboxylic acids is 1. The minimum atomic E-state index is -1.56. The normalized spacial score (nSPS) is 14.7. The van der Waals surface area contributed by atoms with Crippen LogP contribution >= 0.6 is 0 Å². The fourth-order valence-corrected chi connectivity index (χ4v) is 2.24. The topological polar surface area (TPSA) is 79.5 Å². The van der Waals surface area contributed by atoms with Crippen LogP contribution in [0.25, 0.3) is 10.9 Å². The van der Waals surface area contributed by atoms with E-state index >= 15 is 0 Å². The van der Waals surface area contributed by atoms with Gasteiger partial charge in [0.2, 0.25) is 11.2 Å². The number of carbonyl (C=O) groups is 1. The molecule has 1 aromatic heterocycles. The molecule has 0 aliphatic heterocycles. The Kier molecular flexibility index (Phi) is 2.53. The maximum absolute atomic E-state index is 13.4. The van der Waals surface area contributed by atoms with Gasteiger partial charge in [0.05, 0.1) is 10.9 Å². The molecule has 0 unspecified atom stereocenters. The number of benzene rings is 1. The largest absolute Gasteiger partial charge is 0.504 e. The molecule has 20 heavy (non-hydrogen) atoms. The van der Waals surface area contributed by atoms with E-state index in [1.807, 2.05) is 0 Å². The number of aromatic carboxylic acids is 1. The molecule has 7 heteroatoms. The first kappa shape index (κ1) is 12.6. The summed E-state index contributed by atoms with van der Waals surface area (Å²) in [5.74, 6) is -5.47. The maximum Gasteiger partial charge on any atom is 0.341 e. The van der Waals surface area contributed by atoms with E-state index in [2.05, 4.69) is 0 Å². The Hall–Kier alpha value is -2.44. The highest BCUT2D eigenvalue weighted by Crippen LogP contribution is 2.38. The second kappa shape index (κ2) is 4.03. The van der Waals surface area contributed by atoms with E-state index < -0.39 is 39.7 Å². The van der Waals surface area contributed by atoms with Gasteiger partial charge >= 0.3 is 5.97 Å². The number of fused-ring (bicyclic) bond motifs is 1. The SMILES string of the molecule is O=C(O)c1cn(C2CC2)c2cc(F)c(F)c(O)c2c1=O. The fraction of sp³-hybridized carbons (Fsp3) is 0.231. The first-order valence-electron chi connectivity index (χ1n) is 5.91. The summed E-state index contributed by atoms with van der Waals surface area (Å²) in [6.07, 6.45) is 2.61. The van der Waals surface area contributed by atoms with Crippen molar-refractivity contribution in [2.45, 2.75) is 18.9 Å². The lowest BCUT2D eigenvalue weighted by Gasteiger charge is -2.12. The van der Waals surface area contributed by atoms with E-state index in [1.165, 1.54) is 4.57 Å². The Balaban J connectivity index is 2.52. The molecule has 3 rings (SSSR count). The number of rotatable bonds is 2. The van der Waals surface area contributed by atoms with Crippen LogP contribution in [0.1, 0.15) is 29.2 Å². The Morgan fingerprint density at radius 2 is 2.00 bits per heavy atom. The Labute approximate surface area is 110 Å². The van der Waals surface area contributed by atoms with Gasteiger partial charge in [0, 0.05) is 18.3 Å². The van der Waals surface area contributed by atoms with Crippen LogP contribution in [-0.4, -0.2) is 20.7 Å². The molecule has 2 aromatic rings. The molecule has 5 nitrogen and oxygen atoms in total. The molecular formula is C13H9F2NO4. The van der Waals surface area contributed by atoms with Crippen molar-refractivity contribution >= 4 is 16.9 Å². The summed E-state index contributed by atoms with van der Waals surface area (Å²) < 4.78 is 28.2. The summed E-state index contributed by atoms with van der Waals surface area (Å²) in [6.45, 7) is 0. The zero-order valence-electron chi connectivity index (χ0n) is 10.1. The zero-order valence-corrected chi connectivity index (χ0v) is 10.1. The quantitative estimate of drug-likeness (QED) is 0.882. The van der Waals surface area contributed by atoms with Crippen LogP contribution in [0.15, 0.2) is 17.1 Å². The van der Waals surface area contributed by atoms with Gasteiger partial charge in [-0.25, -0.2) is 9.18 Å². The van der Waals surface area contributed by atoms with Gasteiger partial charge in [0.25, 0.3) is 0 Å². The molecule has 104 valence electrons. The Bertz CT molecular complexity index is 808. The molecule has 0 amide bonds. The highest BCUT2D eigenvalue weighted by atomic mass is 19.2. The van der Waals surface area contributed by atoms with Crippen LogP contribution in [0.3, 0.4) is 0 Å². The van der Waals surface area contributed by atoms with E-state index in [9.17, 15) is 23.5 Å². The predicted molar refractivity (Wildman–Crippen MR) is 65.0 cm³/mol. The first-order chi connectivity index (χ1) is 9.41. The summed E-state index contributed by atoms with van der Waals surface area (Å²) in [5.41, 5.74) is -1.61. The van der Waals surface area contributed by atoms with Crippen LogP contribution < -0.4 is 5.43 Å². The van der Waals surface area contributed by atoms with Crippen molar-refractivity contribution in [3.8, 4) is 5.75 Å². The average molecular weight is 281 g/mol. The van der Waals surface area contributed by atoms with Crippen molar-refractivity contribution in [3.63, 3.8) is 0 Å². The summed E-state index contributed by atoms with van der Waals surface area (Å²) in [6, 6.07) is 0.732. The van der Waals surface area contributed by atoms with Crippen molar-refractivity contribution < 1.29 is 23.8 Å². The van der Waals surface area contributed by atoms with Crippen molar-refractivity contribution in [1.82, 2.24) is 4.57 Å². The number of nitrogens with zero attached hydrogens (tertiary/aromatic N) is 1. The molecule has 0 radical (unpaired) electrons. The Morgan fingerprint density at radius 1 is 1.35 bits per heavy atom. The van der Waals surface area contributed by atoms with Gasteiger partial charge in [0.1, 0.15) is 5.56 Å². The minimum Gasteiger partial charge on any atom is -0.504 e. The van der Waals surface area contributed by atoms with Gasteiger partial charge in [0.15, 0.2) is 11.6 Å².